The number of H-pyrrole nitrogens is 2. The van der Waals surface area contributed by atoms with Gasteiger partial charge in [0.25, 0.3) is 5.56 Å². The van der Waals surface area contributed by atoms with E-state index in [0.29, 0.717) is 41.3 Å². The maximum atomic E-state index is 13.1. The molecule has 3 N–H and O–H groups in total. The van der Waals surface area contributed by atoms with Crippen molar-refractivity contribution in [2.24, 2.45) is 5.41 Å². The number of hydrogen-bond acceptors (Lipinski definition) is 6. The van der Waals surface area contributed by atoms with Gasteiger partial charge in [0.1, 0.15) is 5.82 Å². The Morgan fingerprint density at radius 1 is 1.04 bits per heavy atom. The van der Waals surface area contributed by atoms with Crippen molar-refractivity contribution in [1.29, 1.82) is 0 Å². The lowest BCUT2D eigenvalue weighted by atomic mass is 9.69. The van der Waals surface area contributed by atoms with Crippen LogP contribution in [0.25, 0.3) is 0 Å². The summed E-state index contributed by atoms with van der Waals surface area (Å²) in [6.45, 7) is 4.20. The van der Waals surface area contributed by atoms with Gasteiger partial charge in [-0.25, -0.2) is 4.79 Å². The maximum absolute atomic E-state index is 13.1. The number of carbonyl (C=O) groups excluding carboxylic acids is 1. The van der Waals surface area contributed by atoms with Crippen molar-refractivity contribution in [3.05, 3.63) is 61.4 Å². The highest BCUT2D eigenvalue weighted by molar-refractivity contribution is 6.01. The van der Waals surface area contributed by atoms with Crippen LogP contribution in [0.15, 0.2) is 39.1 Å². The van der Waals surface area contributed by atoms with Gasteiger partial charge in [0.15, 0.2) is 17.3 Å². The normalized spacial score (nSPS) is 21.8. The third kappa shape index (κ3) is 2.48. The molecule has 0 saturated carbocycles. The number of ether oxygens (including phenoxy) is 2. The number of carbonyl (C=O) groups is 1. The number of rotatable bonds is 1. The molecule has 1 aromatic heterocycles. The van der Waals surface area contributed by atoms with Crippen LogP contribution >= 0.6 is 0 Å². The minimum Gasteiger partial charge on any atom is -0.454 e. The Balaban J connectivity index is 1.77. The summed E-state index contributed by atoms with van der Waals surface area (Å²) in [4.78, 5) is 42.6. The molecule has 0 unspecified atom stereocenters. The number of fused-ring (bicyclic) bond motifs is 2. The van der Waals surface area contributed by atoms with E-state index < -0.39 is 17.2 Å². The van der Waals surface area contributed by atoms with E-state index in [1.54, 1.807) is 12.1 Å². The van der Waals surface area contributed by atoms with Gasteiger partial charge < -0.3 is 14.8 Å². The predicted molar refractivity (Wildman–Crippen MR) is 101 cm³/mol. The molecule has 8 nitrogen and oxygen atoms in total. The SMILES string of the molecule is CC1(C)CC(=O)C2=C(C1)Nc1[nH]c(=O)[nH]c(=O)c1[C@H]2c1ccc2c(c1)OCO2. The molecule has 1 aromatic carbocycles. The fourth-order valence-electron chi connectivity index (χ4n) is 4.37. The number of aromatic nitrogens is 2. The largest absolute Gasteiger partial charge is 0.454 e. The lowest BCUT2D eigenvalue weighted by Crippen LogP contribution is -2.38. The van der Waals surface area contributed by atoms with Gasteiger partial charge >= 0.3 is 5.69 Å². The lowest BCUT2D eigenvalue weighted by molar-refractivity contribution is -0.118. The number of benzene rings is 1. The van der Waals surface area contributed by atoms with Crippen molar-refractivity contribution in [2.75, 3.05) is 12.1 Å². The van der Waals surface area contributed by atoms with Crippen molar-refractivity contribution in [3.63, 3.8) is 0 Å². The van der Waals surface area contributed by atoms with E-state index in [1.807, 2.05) is 19.9 Å². The molecule has 0 bridgehead atoms. The molecule has 3 heterocycles. The summed E-state index contributed by atoms with van der Waals surface area (Å²) in [5, 5.41) is 3.15. The molecular formula is C20H19N3O5. The van der Waals surface area contributed by atoms with E-state index in [-0.39, 0.29) is 18.0 Å². The third-order valence-electron chi connectivity index (χ3n) is 5.48. The van der Waals surface area contributed by atoms with Gasteiger partial charge in [-0.3, -0.25) is 19.6 Å². The fraction of sp³-hybridized carbons (Fsp3) is 0.350. The zero-order chi connectivity index (χ0) is 19.6. The molecule has 0 radical (unpaired) electrons. The van der Waals surface area contributed by atoms with Crippen LogP contribution in [-0.2, 0) is 4.79 Å². The van der Waals surface area contributed by atoms with Gasteiger partial charge in [-0.2, -0.15) is 0 Å². The Kier molecular flexibility index (Phi) is 3.37. The van der Waals surface area contributed by atoms with E-state index in [4.69, 9.17) is 9.47 Å². The molecule has 0 amide bonds. The third-order valence-corrected chi connectivity index (χ3v) is 5.48. The molecule has 1 atom stereocenters. The Bertz CT molecular complexity index is 1170. The highest BCUT2D eigenvalue weighted by Gasteiger charge is 2.42. The Morgan fingerprint density at radius 3 is 2.64 bits per heavy atom. The van der Waals surface area contributed by atoms with Gasteiger partial charge in [0.2, 0.25) is 6.79 Å². The Labute approximate surface area is 159 Å². The van der Waals surface area contributed by atoms with Crippen molar-refractivity contribution < 1.29 is 14.3 Å². The summed E-state index contributed by atoms with van der Waals surface area (Å²) in [6, 6.07) is 5.40. The van der Waals surface area contributed by atoms with Crippen LogP contribution in [0.5, 0.6) is 11.5 Å². The molecule has 5 rings (SSSR count). The first-order valence-electron chi connectivity index (χ1n) is 9.12. The van der Waals surface area contributed by atoms with Gasteiger partial charge in [0, 0.05) is 23.6 Å². The van der Waals surface area contributed by atoms with Crippen LogP contribution in [0.1, 0.15) is 43.7 Å². The summed E-state index contributed by atoms with van der Waals surface area (Å²) in [5.74, 6) is 0.936. The molecule has 8 heteroatoms. The zero-order valence-corrected chi connectivity index (χ0v) is 15.5. The van der Waals surface area contributed by atoms with Crippen LogP contribution in [0.4, 0.5) is 5.82 Å². The van der Waals surface area contributed by atoms with Crippen LogP contribution in [0.3, 0.4) is 0 Å². The molecule has 1 aliphatic carbocycles. The first-order valence-corrected chi connectivity index (χ1v) is 9.12. The second-order valence-corrected chi connectivity index (χ2v) is 8.20. The number of Topliss-reactive ketones (excluding diaryl/α,β-unsaturated/α-hetero) is 1. The van der Waals surface area contributed by atoms with Crippen molar-refractivity contribution in [2.45, 2.75) is 32.6 Å². The van der Waals surface area contributed by atoms with E-state index in [0.717, 1.165) is 11.3 Å². The first-order chi connectivity index (χ1) is 13.3. The fourth-order valence-corrected chi connectivity index (χ4v) is 4.37. The number of allylic oxidation sites excluding steroid dienone is 2. The lowest BCUT2D eigenvalue weighted by Gasteiger charge is -2.38. The summed E-state index contributed by atoms with van der Waals surface area (Å²) < 4.78 is 10.9. The van der Waals surface area contributed by atoms with E-state index in [1.165, 1.54) is 0 Å². The highest BCUT2D eigenvalue weighted by Crippen LogP contribution is 2.48. The molecule has 3 aliphatic rings. The molecule has 0 spiro atoms. The molecule has 2 aliphatic heterocycles. The van der Waals surface area contributed by atoms with Crippen molar-refractivity contribution in [1.82, 2.24) is 9.97 Å². The first kappa shape index (κ1) is 16.9. The molecule has 28 heavy (non-hydrogen) atoms. The average Bonchev–Trinajstić information content (AvgIpc) is 3.06. The van der Waals surface area contributed by atoms with Gasteiger partial charge in [0.05, 0.1) is 5.56 Å². The van der Waals surface area contributed by atoms with Crippen molar-refractivity contribution in [3.8, 4) is 11.5 Å². The smallest absolute Gasteiger partial charge is 0.327 e. The van der Waals surface area contributed by atoms with Crippen LogP contribution in [-0.4, -0.2) is 22.5 Å². The van der Waals surface area contributed by atoms with E-state index in [2.05, 4.69) is 15.3 Å². The number of anilines is 1. The quantitative estimate of drug-likeness (QED) is 0.696. The summed E-state index contributed by atoms with van der Waals surface area (Å²) in [5.41, 5.74) is 1.07. The topological polar surface area (TPSA) is 113 Å². The summed E-state index contributed by atoms with van der Waals surface area (Å²) in [6.07, 6.45) is 1.04. The summed E-state index contributed by atoms with van der Waals surface area (Å²) in [7, 11) is 0. The highest BCUT2D eigenvalue weighted by atomic mass is 16.7. The monoisotopic (exact) mass is 381 g/mol. The zero-order valence-electron chi connectivity index (χ0n) is 15.5. The molecule has 0 fully saturated rings. The number of aromatic amines is 2. The van der Waals surface area contributed by atoms with Gasteiger partial charge in [-0.05, 0) is 29.5 Å². The van der Waals surface area contributed by atoms with Gasteiger partial charge in [-0.1, -0.05) is 19.9 Å². The number of hydrogen-bond donors (Lipinski definition) is 3. The van der Waals surface area contributed by atoms with Crippen LogP contribution in [0, 0.1) is 5.41 Å². The second kappa shape index (κ2) is 5.60. The standard InChI is InChI=1S/C20H19N3O5/c1-20(2)6-10-15(11(24)7-20)14(9-3-4-12-13(5-9)28-8-27-12)16-17(21-10)22-19(26)23-18(16)25/h3-5,14H,6-8H2,1-2H3,(H3,21,22,23,25,26)/t14-/m0/s1. The number of ketones is 1. The summed E-state index contributed by atoms with van der Waals surface area (Å²) >= 11 is 0. The Hall–Kier alpha value is -3.29. The molecule has 0 saturated heterocycles. The predicted octanol–water partition coefficient (Wildman–Crippen LogP) is 1.99. The molecule has 2 aromatic rings. The van der Waals surface area contributed by atoms with Crippen molar-refractivity contribution >= 4 is 11.6 Å². The minimum atomic E-state index is -0.593. The van der Waals surface area contributed by atoms with Gasteiger partial charge in [-0.15, -0.1) is 0 Å². The van der Waals surface area contributed by atoms with Crippen LogP contribution < -0.4 is 26.0 Å². The minimum absolute atomic E-state index is 0.00216. The van der Waals surface area contributed by atoms with E-state index in [9.17, 15) is 14.4 Å². The second-order valence-electron chi connectivity index (χ2n) is 8.20. The van der Waals surface area contributed by atoms with E-state index >= 15 is 0 Å². The number of nitrogens with one attached hydrogen (secondary N) is 3. The Morgan fingerprint density at radius 2 is 1.82 bits per heavy atom. The molecule has 144 valence electrons. The average molecular weight is 381 g/mol. The van der Waals surface area contributed by atoms with Crippen LogP contribution in [0.2, 0.25) is 0 Å². The maximum Gasteiger partial charge on any atom is 0.327 e. The molecular weight excluding hydrogens is 362 g/mol.